The van der Waals surface area contributed by atoms with Crippen molar-refractivity contribution in [3.63, 3.8) is 0 Å². The summed E-state index contributed by atoms with van der Waals surface area (Å²) in [5, 5.41) is 4.66. The van der Waals surface area contributed by atoms with E-state index in [1.165, 1.54) is 0 Å². The Kier molecular flexibility index (Phi) is 3.73. The molecule has 4 nitrogen and oxygen atoms in total. The second-order valence-corrected chi connectivity index (χ2v) is 9.17. The van der Waals surface area contributed by atoms with Gasteiger partial charge in [-0.25, -0.2) is 0 Å². The number of rotatable bonds is 2. The average Bonchev–Trinajstić information content (AvgIpc) is 3.08. The van der Waals surface area contributed by atoms with E-state index in [4.69, 9.17) is 16.1 Å². The monoisotopic (exact) mass is 358 g/mol. The van der Waals surface area contributed by atoms with Crippen LogP contribution in [0.3, 0.4) is 0 Å². The summed E-state index contributed by atoms with van der Waals surface area (Å²) in [6.07, 6.45) is 3.29. The molecule has 1 aliphatic heterocycles. The van der Waals surface area contributed by atoms with E-state index in [0.29, 0.717) is 22.5 Å². The van der Waals surface area contributed by atoms with Gasteiger partial charge in [0.05, 0.1) is 0 Å². The zero-order valence-electron chi connectivity index (χ0n) is 14.9. The third-order valence-electron chi connectivity index (χ3n) is 5.51. The Morgan fingerprint density at radius 2 is 2.08 bits per heavy atom. The van der Waals surface area contributed by atoms with Gasteiger partial charge in [0.25, 0.3) is 5.91 Å². The molecule has 132 valence electrons. The molecule has 0 N–H and O–H groups in total. The van der Waals surface area contributed by atoms with Crippen molar-refractivity contribution >= 4 is 17.5 Å². The molecule has 0 unspecified atom stereocenters. The molecule has 0 radical (unpaired) electrons. The van der Waals surface area contributed by atoms with E-state index in [1.54, 1.807) is 12.1 Å². The fourth-order valence-electron chi connectivity index (χ4n) is 5.00. The van der Waals surface area contributed by atoms with Gasteiger partial charge in [-0.05, 0) is 42.2 Å². The SMILES string of the molecule is CC1(C)C[C@H]2C[C@](C)(CN2C(=O)c2cc(-c3cccc(Cl)c3)on2)C1. The fraction of sp³-hybridized carbons (Fsp3) is 0.500. The number of aromatic nitrogens is 1. The van der Waals surface area contributed by atoms with Crippen molar-refractivity contribution in [3.8, 4) is 11.3 Å². The fourth-order valence-corrected chi connectivity index (χ4v) is 5.19. The lowest BCUT2D eigenvalue weighted by molar-refractivity contribution is 0.0698. The molecule has 2 heterocycles. The zero-order chi connectivity index (χ0) is 17.8. The molecule has 2 aromatic rings. The summed E-state index contributed by atoms with van der Waals surface area (Å²) < 4.78 is 5.41. The molecule has 1 amide bonds. The van der Waals surface area contributed by atoms with Gasteiger partial charge in [0, 0.05) is 29.2 Å². The number of benzene rings is 1. The highest BCUT2D eigenvalue weighted by atomic mass is 35.5. The Balaban J connectivity index is 1.58. The van der Waals surface area contributed by atoms with Crippen LogP contribution in [0.4, 0.5) is 0 Å². The first kappa shape index (κ1) is 16.6. The van der Waals surface area contributed by atoms with Gasteiger partial charge in [-0.15, -0.1) is 0 Å². The topological polar surface area (TPSA) is 46.3 Å². The van der Waals surface area contributed by atoms with E-state index < -0.39 is 0 Å². The summed E-state index contributed by atoms with van der Waals surface area (Å²) in [4.78, 5) is 15.0. The second-order valence-electron chi connectivity index (χ2n) is 8.73. The van der Waals surface area contributed by atoms with E-state index in [9.17, 15) is 4.79 Å². The van der Waals surface area contributed by atoms with Gasteiger partial charge in [-0.3, -0.25) is 4.79 Å². The lowest BCUT2D eigenvalue weighted by atomic mass is 9.65. The van der Waals surface area contributed by atoms with Crippen molar-refractivity contribution < 1.29 is 9.32 Å². The normalized spacial score (nSPS) is 27.5. The van der Waals surface area contributed by atoms with E-state index in [0.717, 1.165) is 31.4 Å². The third-order valence-corrected chi connectivity index (χ3v) is 5.75. The minimum absolute atomic E-state index is 0.0246. The molecule has 1 aromatic heterocycles. The van der Waals surface area contributed by atoms with Crippen LogP contribution in [0.25, 0.3) is 11.3 Å². The first-order valence-electron chi connectivity index (χ1n) is 8.78. The summed E-state index contributed by atoms with van der Waals surface area (Å²) in [5.74, 6) is 0.544. The number of amides is 1. The number of halogens is 1. The third kappa shape index (κ3) is 3.08. The molecule has 1 aromatic carbocycles. The molecular weight excluding hydrogens is 336 g/mol. The average molecular weight is 359 g/mol. The maximum Gasteiger partial charge on any atom is 0.276 e. The Labute approximate surface area is 153 Å². The molecule has 2 atom stereocenters. The number of nitrogens with zero attached hydrogens (tertiary/aromatic N) is 2. The van der Waals surface area contributed by atoms with Crippen LogP contribution in [0.2, 0.25) is 5.02 Å². The second kappa shape index (κ2) is 5.60. The molecule has 25 heavy (non-hydrogen) atoms. The van der Waals surface area contributed by atoms with Crippen LogP contribution in [0.1, 0.15) is 50.5 Å². The Bertz CT molecular complexity index is 829. The Morgan fingerprint density at radius 1 is 1.28 bits per heavy atom. The number of fused-ring (bicyclic) bond motifs is 2. The van der Waals surface area contributed by atoms with Gasteiger partial charge < -0.3 is 9.42 Å². The highest BCUT2D eigenvalue weighted by molar-refractivity contribution is 6.30. The largest absolute Gasteiger partial charge is 0.355 e. The molecule has 1 saturated carbocycles. The molecule has 2 bridgehead atoms. The molecule has 0 spiro atoms. The standard InChI is InChI=1S/C20H23ClN2O2/c1-19(2)9-15-10-20(3,11-19)12-23(15)18(24)16-8-17(25-22-16)13-5-4-6-14(21)7-13/h4-8,15H,9-12H2,1-3H3/t15-,20-/m0/s1. The van der Waals surface area contributed by atoms with Crippen LogP contribution in [0.15, 0.2) is 34.9 Å². The van der Waals surface area contributed by atoms with Crippen molar-refractivity contribution in [2.75, 3.05) is 6.54 Å². The smallest absolute Gasteiger partial charge is 0.276 e. The number of hydrogen-bond acceptors (Lipinski definition) is 3. The van der Waals surface area contributed by atoms with E-state index >= 15 is 0 Å². The van der Waals surface area contributed by atoms with Crippen molar-refractivity contribution in [1.29, 1.82) is 0 Å². The maximum absolute atomic E-state index is 13.0. The van der Waals surface area contributed by atoms with Crippen LogP contribution in [-0.2, 0) is 0 Å². The summed E-state index contributed by atoms with van der Waals surface area (Å²) in [7, 11) is 0. The van der Waals surface area contributed by atoms with E-state index in [2.05, 4.69) is 25.9 Å². The van der Waals surface area contributed by atoms with E-state index in [-0.39, 0.29) is 16.7 Å². The van der Waals surface area contributed by atoms with Gasteiger partial charge in [-0.1, -0.05) is 49.7 Å². The van der Waals surface area contributed by atoms with E-state index in [1.807, 2.05) is 23.1 Å². The molecule has 2 aliphatic rings. The molecular formula is C20H23ClN2O2. The first-order valence-corrected chi connectivity index (χ1v) is 9.16. The minimum atomic E-state index is -0.0246. The summed E-state index contributed by atoms with van der Waals surface area (Å²) in [5.41, 5.74) is 1.69. The van der Waals surface area contributed by atoms with Gasteiger partial charge in [0.2, 0.25) is 0 Å². The number of hydrogen-bond donors (Lipinski definition) is 0. The highest BCUT2D eigenvalue weighted by Gasteiger charge is 2.51. The number of likely N-dealkylation sites (tertiary alicyclic amines) is 1. The van der Waals surface area contributed by atoms with Crippen LogP contribution in [0, 0.1) is 10.8 Å². The first-order chi connectivity index (χ1) is 11.7. The van der Waals surface area contributed by atoms with Gasteiger partial charge in [0.15, 0.2) is 11.5 Å². The quantitative estimate of drug-likeness (QED) is 0.755. The maximum atomic E-state index is 13.0. The Hall–Kier alpha value is -1.81. The minimum Gasteiger partial charge on any atom is -0.355 e. The van der Waals surface area contributed by atoms with Crippen LogP contribution in [0.5, 0.6) is 0 Å². The van der Waals surface area contributed by atoms with Gasteiger partial charge >= 0.3 is 0 Å². The predicted molar refractivity (Wildman–Crippen MR) is 97.5 cm³/mol. The van der Waals surface area contributed by atoms with Gasteiger partial charge in [0.1, 0.15) is 0 Å². The summed E-state index contributed by atoms with van der Waals surface area (Å²) in [6.45, 7) is 7.71. The molecule has 2 fully saturated rings. The van der Waals surface area contributed by atoms with Crippen molar-refractivity contribution in [2.24, 2.45) is 10.8 Å². The molecule has 1 aliphatic carbocycles. The van der Waals surface area contributed by atoms with Crippen LogP contribution < -0.4 is 0 Å². The number of carbonyl (C=O) groups is 1. The lowest BCUT2D eigenvalue weighted by Crippen LogP contribution is -2.37. The Morgan fingerprint density at radius 3 is 2.84 bits per heavy atom. The lowest BCUT2D eigenvalue weighted by Gasteiger charge is -2.39. The zero-order valence-corrected chi connectivity index (χ0v) is 15.6. The molecule has 1 saturated heterocycles. The molecule has 5 heteroatoms. The highest BCUT2D eigenvalue weighted by Crippen LogP contribution is 2.52. The summed E-state index contributed by atoms with van der Waals surface area (Å²) in [6, 6.07) is 9.39. The van der Waals surface area contributed by atoms with Crippen molar-refractivity contribution in [2.45, 2.75) is 46.1 Å². The molecule has 4 rings (SSSR count). The van der Waals surface area contributed by atoms with Crippen LogP contribution >= 0.6 is 11.6 Å². The van der Waals surface area contributed by atoms with Crippen molar-refractivity contribution in [3.05, 3.63) is 41.0 Å². The predicted octanol–water partition coefficient (Wildman–Crippen LogP) is 5.04. The van der Waals surface area contributed by atoms with Gasteiger partial charge in [-0.2, -0.15) is 0 Å². The summed E-state index contributed by atoms with van der Waals surface area (Å²) >= 11 is 6.03. The van der Waals surface area contributed by atoms with Crippen molar-refractivity contribution in [1.82, 2.24) is 10.1 Å². The number of carbonyl (C=O) groups excluding carboxylic acids is 1. The van der Waals surface area contributed by atoms with Crippen LogP contribution in [-0.4, -0.2) is 28.6 Å².